The summed E-state index contributed by atoms with van der Waals surface area (Å²) in [5.74, 6) is 0.0348. The number of fused-ring (bicyclic) bond motifs is 1. The van der Waals surface area contributed by atoms with Gasteiger partial charge in [-0.1, -0.05) is 46.8 Å². The second-order valence-corrected chi connectivity index (χ2v) is 11.6. The number of alkyl halides is 2. The first kappa shape index (κ1) is 26.7. The lowest BCUT2D eigenvalue weighted by atomic mass is 9.98. The van der Waals surface area contributed by atoms with Crippen molar-refractivity contribution in [1.29, 1.82) is 0 Å². The van der Waals surface area contributed by atoms with E-state index in [2.05, 4.69) is 15.3 Å². The van der Waals surface area contributed by atoms with Crippen molar-refractivity contribution in [3.8, 4) is 11.5 Å². The van der Waals surface area contributed by atoms with Gasteiger partial charge in [-0.2, -0.15) is 8.78 Å². The number of ether oxygens (including phenoxy) is 2. The zero-order chi connectivity index (χ0) is 26.7. The molecule has 3 aromatic heterocycles. The number of carbonyl (C=O) groups is 1. The number of carbonyl (C=O) groups excluding carboxylic acids is 1. The first-order valence-electron chi connectivity index (χ1n) is 11.6. The van der Waals surface area contributed by atoms with Gasteiger partial charge in [0.15, 0.2) is 21.6 Å². The summed E-state index contributed by atoms with van der Waals surface area (Å²) < 4.78 is 38.4. The van der Waals surface area contributed by atoms with Crippen molar-refractivity contribution in [3.63, 3.8) is 0 Å². The van der Waals surface area contributed by atoms with Gasteiger partial charge in [0.25, 0.3) is 5.91 Å². The molecule has 4 aromatic rings. The standard InChI is InChI=1S/C26H28F2N4O3S2/c1-15(2)18-13-37-24(29-18)31-22(33)20-17(30-25-32(20)11-12-36-25)10-9-16-7-6-8-19(35-23(27)28)21(16)34-14-26(3,4)5/h6-13,15,23H,14H2,1-5H3,(H,29,31,33)/b10-9+. The van der Waals surface area contributed by atoms with Crippen molar-refractivity contribution < 1.29 is 23.0 Å². The lowest BCUT2D eigenvalue weighted by Gasteiger charge is -2.21. The predicted octanol–water partition coefficient (Wildman–Crippen LogP) is 7.42. The minimum Gasteiger partial charge on any atom is -0.489 e. The normalized spacial score (nSPS) is 12.2. The number of nitrogens with one attached hydrogen (secondary N) is 1. The first-order valence-corrected chi connectivity index (χ1v) is 13.4. The van der Waals surface area contributed by atoms with Crippen LogP contribution in [0, 0.1) is 5.41 Å². The fourth-order valence-electron chi connectivity index (χ4n) is 3.37. The van der Waals surface area contributed by atoms with E-state index in [-0.39, 0.29) is 35.3 Å². The molecule has 4 rings (SSSR count). The minimum atomic E-state index is -2.99. The van der Waals surface area contributed by atoms with E-state index >= 15 is 0 Å². The highest BCUT2D eigenvalue weighted by Crippen LogP contribution is 2.35. The van der Waals surface area contributed by atoms with Crippen LogP contribution >= 0.6 is 22.7 Å². The molecule has 0 saturated heterocycles. The Bertz CT molecular complexity index is 1420. The number of aromatic nitrogens is 3. The summed E-state index contributed by atoms with van der Waals surface area (Å²) in [5.41, 5.74) is 1.98. The molecule has 3 heterocycles. The molecule has 0 aliphatic heterocycles. The highest BCUT2D eigenvalue weighted by atomic mass is 32.1. The molecule has 0 fully saturated rings. The van der Waals surface area contributed by atoms with E-state index in [1.807, 2.05) is 45.4 Å². The number of rotatable bonds is 9. The van der Waals surface area contributed by atoms with Crippen LogP contribution in [-0.4, -0.2) is 33.5 Å². The minimum absolute atomic E-state index is 0.0603. The van der Waals surface area contributed by atoms with Crippen molar-refractivity contribution in [3.05, 3.63) is 57.8 Å². The lowest BCUT2D eigenvalue weighted by Crippen LogP contribution is -2.18. The van der Waals surface area contributed by atoms with Crippen LogP contribution < -0.4 is 14.8 Å². The summed E-state index contributed by atoms with van der Waals surface area (Å²) in [4.78, 5) is 23.0. The maximum Gasteiger partial charge on any atom is 0.387 e. The van der Waals surface area contributed by atoms with Gasteiger partial charge < -0.3 is 9.47 Å². The van der Waals surface area contributed by atoms with Crippen LogP contribution in [0.15, 0.2) is 35.2 Å². The SMILES string of the molecule is CC(C)c1csc(NC(=O)c2c(/C=C/c3cccc(OC(F)F)c3OCC(C)(C)C)nc3sccn23)n1. The van der Waals surface area contributed by atoms with Crippen LogP contribution in [0.5, 0.6) is 11.5 Å². The summed E-state index contributed by atoms with van der Waals surface area (Å²) in [7, 11) is 0. The van der Waals surface area contributed by atoms with E-state index in [0.29, 0.717) is 27.0 Å². The number of benzene rings is 1. The molecule has 0 spiro atoms. The summed E-state index contributed by atoms with van der Waals surface area (Å²) in [6, 6.07) is 4.77. The predicted molar refractivity (Wildman–Crippen MR) is 144 cm³/mol. The van der Waals surface area contributed by atoms with Crippen molar-refractivity contribution in [2.75, 3.05) is 11.9 Å². The van der Waals surface area contributed by atoms with Crippen molar-refractivity contribution >= 4 is 50.8 Å². The van der Waals surface area contributed by atoms with Gasteiger partial charge in [-0.15, -0.1) is 22.7 Å². The van der Waals surface area contributed by atoms with Gasteiger partial charge in [0, 0.05) is 22.5 Å². The van der Waals surface area contributed by atoms with E-state index < -0.39 is 6.61 Å². The molecule has 37 heavy (non-hydrogen) atoms. The van der Waals surface area contributed by atoms with E-state index in [4.69, 9.17) is 9.47 Å². The Morgan fingerprint density at radius 3 is 2.65 bits per heavy atom. The quantitative estimate of drug-likeness (QED) is 0.236. The van der Waals surface area contributed by atoms with Crippen LogP contribution in [0.4, 0.5) is 13.9 Å². The number of hydrogen-bond acceptors (Lipinski definition) is 7. The van der Waals surface area contributed by atoms with Gasteiger partial charge in [0.1, 0.15) is 5.69 Å². The number of thiazole rings is 2. The van der Waals surface area contributed by atoms with Crippen LogP contribution in [0.1, 0.15) is 68.0 Å². The van der Waals surface area contributed by atoms with E-state index in [1.54, 1.807) is 34.9 Å². The summed E-state index contributed by atoms with van der Waals surface area (Å²) >= 11 is 2.76. The Balaban J connectivity index is 1.68. The average molecular weight is 547 g/mol. The first-order chi connectivity index (χ1) is 17.5. The Kier molecular flexibility index (Phi) is 7.93. The number of para-hydroxylation sites is 1. The molecule has 1 amide bonds. The highest BCUT2D eigenvalue weighted by molar-refractivity contribution is 7.15. The molecule has 196 valence electrons. The van der Waals surface area contributed by atoms with Crippen molar-refractivity contribution in [1.82, 2.24) is 14.4 Å². The van der Waals surface area contributed by atoms with Crippen molar-refractivity contribution in [2.45, 2.75) is 47.1 Å². The molecule has 7 nitrogen and oxygen atoms in total. The Hall–Kier alpha value is -3.31. The Morgan fingerprint density at radius 2 is 1.97 bits per heavy atom. The summed E-state index contributed by atoms with van der Waals surface area (Å²) in [5, 5.41) is 7.14. The fourth-order valence-corrected chi connectivity index (χ4v) is 4.96. The third kappa shape index (κ3) is 6.53. The second-order valence-electron chi connectivity index (χ2n) is 9.82. The monoisotopic (exact) mass is 546 g/mol. The molecule has 0 saturated carbocycles. The summed E-state index contributed by atoms with van der Waals surface area (Å²) in [6.07, 6.45) is 5.12. The molecular formula is C26H28F2N4O3S2. The molecule has 0 aliphatic carbocycles. The van der Waals surface area contributed by atoms with Gasteiger partial charge in [0.05, 0.1) is 18.0 Å². The van der Waals surface area contributed by atoms with Gasteiger partial charge in [-0.25, -0.2) is 9.97 Å². The molecular weight excluding hydrogens is 518 g/mol. The van der Waals surface area contributed by atoms with Crippen LogP contribution in [-0.2, 0) is 0 Å². The smallest absolute Gasteiger partial charge is 0.387 e. The van der Waals surface area contributed by atoms with Crippen LogP contribution in [0.2, 0.25) is 0 Å². The molecule has 1 N–H and O–H groups in total. The molecule has 1 aromatic carbocycles. The molecule has 11 heteroatoms. The third-order valence-corrected chi connectivity index (χ3v) is 6.67. The van der Waals surface area contributed by atoms with Gasteiger partial charge in [-0.05, 0) is 29.6 Å². The molecule has 0 atom stereocenters. The Labute approximate surface area is 221 Å². The fraction of sp³-hybridized carbons (Fsp3) is 0.346. The molecule has 0 aliphatic rings. The maximum atomic E-state index is 13.3. The van der Waals surface area contributed by atoms with Gasteiger partial charge in [-0.3, -0.25) is 14.5 Å². The topological polar surface area (TPSA) is 77.8 Å². The number of anilines is 1. The van der Waals surface area contributed by atoms with Gasteiger partial charge in [0.2, 0.25) is 0 Å². The van der Waals surface area contributed by atoms with Gasteiger partial charge >= 0.3 is 6.61 Å². The maximum absolute atomic E-state index is 13.3. The molecule has 0 unspecified atom stereocenters. The largest absolute Gasteiger partial charge is 0.489 e. The van der Waals surface area contributed by atoms with E-state index in [0.717, 1.165) is 5.69 Å². The second kappa shape index (κ2) is 11.0. The highest BCUT2D eigenvalue weighted by Gasteiger charge is 2.21. The van der Waals surface area contributed by atoms with E-state index in [9.17, 15) is 13.6 Å². The zero-order valence-corrected chi connectivity index (χ0v) is 22.8. The number of imidazole rings is 1. The number of amides is 1. The third-order valence-electron chi connectivity index (χ3n) is 5.13. The number of halogens is 2. The van der Waals surface area contributed by atoms with Crippen LogP contribution in [0.3, 0.4) is 0 Å². The van der Waals surface area contributed by atoms with Crippen LogP contribution in [0.25, 0.3) is 17.1 Å². The van der Waals surface area contributed by atoms with Crippen molar-refractivity contribution in [2.24, 2.45) is 5.41 Å². The molecule has 0 radical (unpaired) electrons. The number of hydrogen-bond donors (Lipinski definition) is 1. The zero-order valence-electron chi connectivity index (χ0n) is 21.1. The average Bonchev–Trinajstić information content (AvgIpc) is 3.52. The summed E-state index contributed by atoms with van der Waals surface area (Å²) in [6.45, 7) is 7.31. The number of nitrogens with zero attached hydrogens (tertiary/aromatic N) is 3. The molecule has 0 bridgehead atoms. The lowest BCUT2D eigenvalue weighted by molar-refractivity contribution is -0.0517. The van der Waals surface area contributed by atoms with E-state index in [1.165, 1.54) is 28.7 Å². The Morgan fingerprint density at radius 1 is 1.19 bits per heavy atom.